The van der Waals surface area contributed by atoms with Crippen LogP contribution in [-0.4, -0.2) is 43.3 Å². The van der Waals surface area contributed by atoms with Gasteiger partial charge in [0.25, 0.3) is 5.91 Å². The van der Waals surface area contributed by atoms with Crippen LogP contribution in [0.1, 0.15) is 39.1 Å². The van der Waals surface area contributed by atoms with E-state index in [-0.39, 0.29) is 24.8 Å². The van der Waals surface area contributed by atoms with Crippen molar-refractivity contribution >= 4 is 29.3 Å². The first-order valence-electron chi connectivity index (χ1n) is 9.38. The van der Waals surface area contributed by atoms with Crippen LogP contribution in [0.5, 0.6) is 0 Å². The third kappa shape index (κ3) is 5.28. The van der Waals surface area contributed by atoms with Crippen LogP contribution >= 0.6 is 0 Å². The van der Waals surface area contributed by atoms with Crippen molar-refractivity contribution in [3.8, 4) is 0 Å². The van der Waals surface area contributed by atoms with Crippen LogP contribution in [-0.2, 0) is 14.3 Å². The molecule has 0 aliphatic carbocycles. The number of ketones is 1. The highest BCUT2D eigenvalue weighted by Gasteiger charge is 2.21. The first kappa shape index (κ1) is 20.3. The van der Waals surface area contributed by atoms with Crippen molar-refractivity contribution in [2.45, 2.75) is 19.8 Å². The Morgan fingerprint density at radius 3 is 2.28 bits per heavy atom. The van der Waals surface area contributed by atoms with Gasteiger partial charge in [-0.1, -0.05) is 29.8 Å². The van der Waals surface area contributed by atoms with E-state index in [1.807, 2.05) is 6.92 Å². The minimum absolute atomic E-state index is 0.0742. The number of esters is 1. The van der Waals surface area contributed by atoms with E-state index in [1.165, 1.54) is 0 Å². The van der Waals surface area contributed by atoms with Gasteiger partial charge in [0, 0.05) is 29.8 Å². The number of nitrogens with one attached hydrogen (secondary N) is 1. The number of carbonyl (C=O) groups excluding carboxylic acids is 4. The average Bonchev–Trinajstić information content (AvgIpc) is 3.16. The highest BCUT2D eigenvalue weighted by Crippen LogP contribution is 2.21. The van der Waals surface area contributed by atoms with E-state index in [0.29, 0.717) is 24.1 Å². The lowest BCUT2D eigenvalue weighted by molar-refractivity contribution is -0.141. The molecule has 0 spiro atoms. The molecule has 1 N–H and O–H groups in total. The summed E-state index contributed by atoms with van der Waals surface area (Å²) in [5.74, 6) is -1.37. The largest absolute Gasteiger partial charge is 0.456 e. The van der Waals surface area contributed by atoms with Gasteiger partial charge >= 0.3 is 5.97 Å². The Kier molecular flexibility index (Phi) is 6.39. The lowest BCUT2D eigenvalue weighted by Gasteiger charge is -2.15. The van der Waals surface area contributed by atoms with Crippen molar-refractivity contribution in [1.82, 2.24) is 5.32 Å². The number of hydrogen-bond acceptors (Lipinski definition) is 5. The number of carbonyl (C=O) groups is 4. The number of benzene rings is 2. The molecule has 1 fully saturated rings. The summed E-state index contributed by atoms with van der Waals surface area (Å²) in [6.45, 7) is 1.87. The fourth-order valence-electron chi connectivity index (χ4n) is 2.99. The summed E-state index contributed by atoms with van der Waals surface area (Å²) in [5.41, 5.74) is 2.60. The Morgan fingerprint density at radius 2 is 1.66 bits per heavy atom. The lowest BCUT2D eigenvalue weighted by Crippen LogP contribution is -2.31. The maximum Gasteiger partial charge on any atom is 0.325 e. The number of nitrogens with zero attached hydrogens (tertiary/aromatic N) is 1. The van der Waals surface area contributed by atoms with E-state index in [9.17, 15) is 19.2 Å². The molecule has 2 aromatic rings. The normalized spacial score (nSPS) is 13.3. The van der Waals surface area contributed by atoms with E-state index >= 15 is 0 Å². The van der Waals surface area contributed by atoms with E-state index in [0.717, 1.165) is 17.7 Å². The lowest BCUT2D eigenvalue weighted by atomic mass is 10.1. The third-order valence-electron chi connectivity index (χ3n) is 4.65. The van der Waals surface area contributed by atoms with Crippen LogP contribution in [0.15, 0.2) is 48.5 Å². The number of aryl methyl sites for hydroxylation is 1. The zero-order chi connectivity index (χ0) is 20.8. The molecule has 0 saturated carbocycles. The standard InChI is InChI=1S/C22H22N2O5/c1-15-4-6-16(7-5-15)19(25)14-29-21(27)13-23-22(28)17-8-10-18(11-9-17)24-12-2-3-20(24)26/h4-11H,2-3,12-14H2,1H3,(H,23,28). The number of hydrogen-bond donors (Lipinski definition) is 1. The van der Waals surface area contributed by atoms with Gasteiger partial charge in [0.2, 0.25) is 5.91 Å². The Hall–Kier alpha value is -3.48. The molecule has 0 unspecified atom stereocenters. The van der Waals surface area contributed by atoms with Crippen molar-refractivity contribution in [1.29, 1.82) is 0 Å². The summed E-state index contributed by atoms with van der Waals surface area (Å²) in [5, 5.41) is 2.46. The zero-order valence-corrected chi connectivity index (χ0v) is 16.1. The van der Waals surface area contributed by atoms with Gasteiger partial charge in [0.05, 0.1) is 0 Å². The van der Waals surface area contributed by atoms with Gasteiger partial charge in [-0.2, -0.15) is 0 Å². The van der Waals surface area contributed by atoms with Gasteiger partial charge in [0.15, 0.2) is 12.4 Å². The van der Waals surface area contributed by atoms with Crippen molar-refractivity contribution < 1.29 is 23.9 Å². The van der Waals surface area contributed by atoms with Crippen LogP contribution in [0.4, 0.5) is 5.69 Å². The van der Waals surface area contributed by atoms with Crippen LogP contribution in [0.3, 0.4) is 0 Å². The van der Waals surface area contributed by atoms with Crippen LogP contribution < -0.4 is 10.2 Å². The maximum atomic E-state index is 12.2. The predicted octanol–water partition coefficient (Wildman–Crippen LogP) is 2.28. The summed E-state index contributed by atoms with van der Waals surface area (Å²) in [7, 11) is 0. The molecule has 1 saturated heterocycles. The molecule has 2 aromatic carbocycles. The number of ether oxygens (including phenoxy) is 1. The van der Waals surface area contributed by atoms with E-state index in [2.05, 4.69) is 5.32 Å². The number of anilines is 1. The summed E-state index contributed by atoms with van der Waals surface area (Å²) in [6, 6.07) is 13.6. The second-order valence-corrected chi connectivity index (χ2v) is 6.83. The molecule has 1 aliphatic heterocycles. The van der Waals surface area contributed by atoms with E-state index in [1.54, 1.807) is 53.4 Å². The van der Waals surface area contributed by atoms with Gasteiger partial charge in [-0.25, -0.2) is 0 Å². The van der Waals surface area contributed by atoms with E-state index in [4.69, 9.17) is 4.74 Å². The molecule has 7 heteroatoms. The Labute approximate surface area is 168 Å². The Morgan fingerprint density at radius 1 is 1.00 bits per heavy atom. The summed E-state index contributed by atoms with van der Waals surface area (Å²) < 4.78 is 4.93. The predicted molar refractivity (Wildman–Crippen MR) is 107 cm³/mol. The second kappa shape index (κ2) is 9.14. The minimum atomic E-state index is -0.696. The quantitative estimate of drug-likeness (QED) is 0.574. The molecular formula is C22H22N2O5. The Balaban J connectivity index is 1.44. The average molecular weight is 394 g/mol. The third-order valence-corrected chi connectivity index (χ3v) is 4.65. The van der Waals surface area contributed by atoms with Crippen LogP contribution in [0, 0.1) is 6.92 Å². The van der Waals surface area contributed by atoms with Crippen LogP contribution in [0.2, 0.25) is 0 Å². The van der Waals surface area contributed by atoms with Crippen molar-refractivity contribution in [3.63, 3.8) is 0 Å². The molecule has 0 aromatic heterocycles. The Bertz CT molecular complexity index is 919. The molecule has 150 valence electrons. The summed E-state index contributed by atoms with van der Waals surface area (Å²) in [6.07, 6.45) is 1.37. The molecule has 1 heterocycles. The molecule has 0 radical (unpaired) electrons. The smallest absolute Gasteiger partial charge is 0.325 e. The molecule has 7 nitrogen and oxygen atoms in total. The molecular weight excluding hydrogens is 372 g/mol. The molecule has 0 atom stereocenters. The first-order chi connectivity index (χ1) is 13.9. The van der Waals surface area contributed by atoms with Crippen LogP contribution in [0.25, 0.3) is 0 Å². The molecule has 0 bridgehead atoms. The topological polar surface area (TPSA) is 92.8 Å². The second-order valence-electron chi connectivity index (χ2n) is 6.83. The number of Topliss-reactive ketones (excluding diaryl/α,β-unsaturated/α-hetero) is 1. The number of rotatable bonds is 7. The zero-order valence-electron chi connectivity index (χ0n) is 16.1. The monoisotopic (exact) mass is 394 g/mol. The van der Waals surface area contributed by atoms with E-state index < -0.39 is 11.9 Å². The minimum Gasteiger partial charge on any atom is -0.456 e. The van der Waals surface area contributed by atoms with Crippen molar-refractivity contribution in [3.05, 3.63) is 65.2 Å². The first-order valence-corrected chi connectivity index (χ1v) is 9.38. The molecule has 3 rings (SSSR count). The molecule has 29 heavy (non-hydrogen) atoms. The highest BCUT2D eigenvalue weighted by atomic mass is 16.5. The fraction of sp³-hybridized carbons (Fsp3) is 0.273. The van der Waals surface area contributed by atoms with Gasteiger partial charge in [-0.15, -0.1) is 0 Å². The van der Waals surface area contributed by atoms with Crippen molar-refractivity contribution in [2.75, 3.05) is 24.6 Å². The molecule has 1 aliphatic rings. The van der Waals surface area contributed by atoms with Gasteiger partial charge in [0.1, 0.15) is 6.54 Å². The van der Waals surface area contributed by atoms with Gasteiger partial charge in [-0.3, -0.25) is 19.2 Å². The number of amides is 2. The van der Waals surface area contributed by atoms with Gasteiger partial charge < -0.3 is 15.0 Å². The SMILES string of the molecule is Cc1ccc(C(=O)COC(=O)CNC(=O)c2ccc(N3CCCC3=O)cc2)cc1. The fourth-order valence-corrected chi connectivity index (χ4v) is 2.99. The molecule has 2 amide bonds. The van der Waals surface area contributed by atoms with Gasteiger partial charge in [-0.05, 0) is 37.6 Å². The van der Waals surface area contributed by atoms with Crippen molar-refractivity contribution in [2.24, 2.45) is 0 Å². The summed E-state index contributed by atoms with van der Waals surface area (Å²) in [4.78, 5) is 49.4. The highest BCUT2D eigenvalue weighted by molar-refractivity contribution is 5.99. The maximum absolute atomic E-state index is 12.2. The summed E-state index contributed by atoms with van der Waals surface area (Å²) >= 11 is 0.